The standard InChI is InChI=1S/C20H15ClO/c21-12-4-7-16-8-9-19-14-20(11-10-18(19)13-16)22-15-17-5-2-1-3-6-17/h1-3,5-6,8-11,13-14H,12,15H2. The van der Waals surface area contributed by atoms with Crippen LogP contribution in [-0.2, 0) is 6.61 Å². The van der Waals surface area contributed by atoms with Crippen LogP contribution in [0.3, 0.4) is 0 Å². The molecule has 0 heterocycles. The van der Waals surface area contributed by atoms with Crippen LogP contribution in [0.2, 0.25) is 0 Å². The van der Waals surface area contributed by atoms with Crippen molar-refractivity contribution in [2.45, 2.75) is 6.61 Å². The number of halogens is 1. The van der Waals surface area contributed by atoms with Crippen molar-refractivity contribution in [1.82, 2.24) is 0 Å². The van der Waals surface area contributed by atoms with Crippen molar-refractivity contribution in [3.63, 3.8) is 0 Å². The maximum atomic E-state index is 5.85. The number of rotatable bonds is 3. The van der Waals surface area contributed by atoms with E-state index in [9.17, 15) is 0 Å². The van der Waals surface area contributed by atoms with Gasteiger partial charge in [0, 0.05) is 5.56 Å². The topological polar surface area (TPSA) is 9.23 Å². The molecule has 3 aromatic carbocycles. The van der Waals surface area contributed by atoms with Crippen molar-refractivity contribution >= 4 is 22.4 Å². The van der Waals surface area contributed by atoms with Gasteiger partial charge in [-0.2, -0.15) is 0 Å². The lowest BCUT2D eigenvalue weighted by Crippen LogP contribution is -1.94. The van der Waals surface area contributed by atoms with Gasteiger partial charge in [0.25, 0.3) is 0 Å². The molecule has 2 heteroatoms. The molecule has 0 aliphatic heterocycles. The third-order valence-corrected chi connectivity index (χ3v) is 3.49. The highest BCUT2D eigenvalue weighted by atomic mass is 35.5. The minimum absolute atomic E-state index is 0.351. The molecule has 0 N–H and O–H groups in total. The second-order valence-corrected chi connectivity index (χ2v) is 5.20. The summed E-state index contributed by atoms with van der Waals surface area (Å²) in [5.41, 5.74) is 2.14. The molecule has 0 bridgehead atoms. The summed E-state index contributed by atoms with van der Waals surface area (Å²) in [5.74, 6) is 7.13. The van der Waals surface area contributed by atoms with E-state index in [-0.39, 0.29) is 0 Å². The SMILES string of the molecule is ClCC#Cc1ccc2cc(OCc3ccccc3)ccc2c1. The average Bonchev–Trinajstić information content (AvgIpc) is 2.59. The summed E-state index contributed by atoms with van der Waals surface area (Å²) < 4.78 is 5.85. The van der Waals surface area contributed by atoms with E-state index in [4.69, 9.17) is 16.3 Å². The fourth-order valence-electron chi connectivity index (χ4n) is 2.27. The number of hydrogen-bond donors (Lipinski definition) is 0. The molecular weight excluding hydrogens is 292 g/mol. The predicted octanol–water partition coefficient (Wildman–Crippen LogP) is 5.01. The third-order valence-electron chi connectivity index (χ3n) is 3.36. The Kier molecular flexibility index (Phi) is 4.63. The summed E-state index contributed by atoms with van der Waals surface area (Å²) >= 11 is 5.59. The monoisotopic (exact) mass is 306 g/mol. The lowest BCUT2D eigenvalue weighted by molar-refractivity contribution is 0.306. The molecule has 0 fully saturated rings. The molecular formula is C20H15ClO. The molecule has 108 valence electrons. The van der Waals surface area contributed by atoms with E-state index in [1.54, 1.807) is 0 Å². The molecule has 3 rings (SSSR count). The second-order valence-electron chi connectivity index (χ2n) is 4.93. The summed E-state index contributed by atoms with van der Waals surface area (Å²) in [6, 6.07) is 22.4. The molecule has 0 aromatic heterocycles. The van der Waals surface area contributed by atoms with Crippen LogP contribution in [0.25, 0.3) is 10.8 Å². The van der Waals surface area contributed by atoms with E-state index in [0.717, 1.165) is 27.6 Å². The molecule has 0 atom stereocenters. The first-order chi connectivity index (χ1) is 10.8. The van der Waals surface area contributed by atoms with Crippen LogP contribution in [-0.4, -0.2) is 5.88 Å². The summed E-state index contributed by atoms with van der Waals surface area (Å²) in [4.78, 5) is 0. The number of fused-ring (bicyclic) bond motifs is 1. The molecule has 3 aromatic rings. The average molecular weight is 307 g/mol. The molecule has 22 heavy (non-hydrogen) atoms. The zero-order chi connectivity index (χ0) is 15.2. The highest BCUT2D eigenvalue weighted by Gasteiger charge is 1.99. The van der Waals surface area contributed by atoms with Gasteiger partial charge < -0.3 is 4.74 Å². The van der Waals surface area contributed by atoms with Crippen LogP contribution in [0.4, 0.5) is 0 Å². The minimum Gasteiger partial charge on any atom is -0.489 e. The van der Waals surface area contributed by atoms with Crippen LogP contribution < -0.4 is 4.74 Å². The normalized spacial score (nSPS) is 10.0. The Morgan fingerprint density at radius 2 is 1.64 bits per heavy atom. The van der Waals surface area contributed by atoms with E-state index >= 15 is 0 Å². The Morgan fingerprint density at radius 3 is 2.45 bits per heavy atom. The number of benzene rings is 3. The Bertz CT molecular complexity index is 828. The third kappa shape index (κ3) is 3.61. The summed E-state index contributed by atoms with van der Waals surface area (Å²) in [7, 11) is 0. The van der Waals surface area contributed by atoms with Gasteiger partial charge in [0.15, 0.2) is 0 Å². The fraction of sp³-hybridized carbons (Fsp3) is 0.100. The molecule has 0 saturated carbocycles. The Labute approximate surface area is 135 Å². The maximum Gasteiger partial charge on any atom is 0.120 e. The van der Waals surface area contributed by atoms with Gasteiger partial charge in [-0.25, -0.2) is 0 Å². The van der Waals surface area contributed by atoms with Crippen LogP contribution in [0.1, 0.15) is 11.1 Å². The lowest BCUT2D eigenvalue weighted by atomic mass is 10.1. The predicted molar refractivity (Wildman–Crippen MR) is 92.3 cm³/mol. The van der Waals surface area contributed by atoms with Crippen LogP contribution in [0, 0.1) is 11.8 Å². The van der Waals surface area contributed by atoms with Crippen LogP contribution in [0.15, 0.2) is 66.7 Å². The number of hydrogen-bond acceptors (Lipinski definition) is 1. The second kappa shape index (κ2) is 7.02. The molecule has 0 spiro atoms. The zero-order valence-electron chi connectivity index (χ0n) is 12.1. The van der Waals surface area contributed by atoms with Gasteiger partial charge in [-0.3, -0.25) is 0 Å². The first-order valence-electron chi connectivity index (χ1n) is 7.10. The summed E-state index contributed by atoms with van der Waals surface area (Å²) in [5, 5.41) is 2.29. The zero-order valence-corrected chi connectivity index (χ0v) is 12.8. The highest BCUT2D eigenvalue weighted by molar-refractivity contribution is 6.19. The number of alkyl halides is 1. The van der Waals surface area contributed by atoms with E-state index < -0.39 is 0 Å². The summed E-state index contributed by atoms with van der Waals surface area (Å²) in [6.07, 6.45) is 0. The molecule has 0 unspecified atom stereocenters. The Balaban J connectivity index is 1.78. The van der Waals surface area contributed by atoms with Gasteiger partial charge in [-0.05, 0) is 40.6 Å². The molecule has 0 aliphatic carbocycles. The van der Waals surface area contributed by atoms with Gasteiger partial charge in [0.2, 0.25) is 0 Å². The molecule has 0 radical (unpaired) electrons. The van der Waals surface area contributed by atoms with E-state index in [0.29, 0.717) is 12.5 Å². The first-order valence-corrected chi connectivity index (χ1v) is 7.64. The maximum absolute atomic E-state index is 5.85. The highest BCUT2D eigenvalue weighted by Crippen LogP contribution is 2.22. The fourth-order valence-corrected chi connectivity index (χ4v) is 2.33. The Hall–Kier alpha value is -2.43. The van der Waals surface area contributed by atoms with Crippen LogP contribution in [0.5, 0.6) is 5.75 Å². The van der Waals surface area contributed by atoms with E-state index in [1.165, 1.54) is 0 Å². The van der Waals surface area contributed by atoms with Gasteiger partial charge in [0.1, 0.15) is 12.4 Å². The molecule has 0 saturated heterocycles. The van der Waals surface area contributed by atoms with Gasteiger partial charge in [0.05, 0.1) is 5.88 Å². The molecule has 1 nitrogen and oxygen atoms in total. The van der Waals surface area contributed by atoms with Gasteiger partial charge in [-0.15, -0.1) is 11.6 Å². The van der Waals surface area contributed by atoms with Crippen molar-refractivity contribution in [2.75, 3.05) is 5.88 Å². The quantitative estimate of drug-likeness (QED) is 0.488. The first kappa shape index (κ1) is 14.5. The van der Waals surface area contributed by atoms with Gasteiger partial charge >= 0.3 is 0 Å². The van der Waals surface area contributed by atoms with Crippen molar-refractivity contribution in [2.24, 2.45) is 0 Å². The van der Waals surface area contributed by atoms with Crippen molar-refractivity contribution < 1.29 is 4.74 Å². The largest absolute Gasteiger partial charge is 0.489 e. The smallest absolute Gasteiger partial charge is 0.120 e. The molecule has 0 amide bonds. The van der Waals surface area contributed by atoms with Gasteiger partial charge in [-0.1, -0.05) is 54.3 Å². The lowest BCUT2D eigenvalue weighted by Gasteiger charge is -2.07. The number of ether oxygens (including phenoxy) is 1. The van der Waals surface area contributed by atoms with Crippen LogP contribution >= 0.6 is 11.6 Å². The van der Waals surface area contributed by atoms with E-state index in [2.05, 4.69) is 48.2 Å². The minimum atomic E-state index is 0.351. The summed E-state index contributed by atoms with van der Waals surface area (Å²) in [6.45, 7) is 0.575. The van der Waals surface area contributed by atoms with Crippen molar-refractivity contribution in [3.8, 4) is 17.6 Å². The van der Waals surface area contributed by atoms with Crippen molar-refractivity contribution in [1.29, 1.82) is 0 Å². The van der Waals surface area contributed by atoms with Crippen molar-refractivity contribution in [3.05, 3.63) is 77.9 Å². The Morgan fingerprint density at radius 1 is 0.864 bits per heavy atom. The molecule has 0 aliphatic rings. The van der Waals surface area contributed by atoms with E-state index in [1.807, 2.05) is 30.3 Å².